The topological polar surface area (TPSA) is 75.6 Å². The molecule has 5 heteroatoms. The summed E-state index contributed by atoms with van der Waals surface area (Å²) >= 11 is 0. The van der Waals surface area contributed by atoms with Gasteiger partial charge < -0.3 is 15.2 Å². The molecule has 1 aliphatic rings. The molecule has 0 aliphatic heterocycles. The quantitative estimate of drug-likeness (QED) is 0.771. The van der Waals surface area contributed by atoms with Gasteiger partial charge in [-0.05, 0) is 49.4 Å². The van der Waals surface area contributed by atoms with Crippen LogP contribution in [0.25, 0.3) is 0 Å². The first-order valence-electron chi connectivity index (χ1n) is 7.35. The molecule has 1 unspecified atom stereocenters. The third-order valence-corrected chi connectivity index (χ3v) is 3.49. The fraction of sp³-hybridized carbons (Fsp3) is 0.500. The SMILES string of the molecule is CCCOc1ccc(C(=O)NC(CC(=O)O)C2CC2)cc1. The van der Waals surface area contributed by atoms with Crippen LogP contribution in [0.15, 0.2) is 24.3 Å². The highest BCUT2D eigenvalue weighted by Gasteiger charge is 2.33. The average molecular weight is 291 g/mol. The van der Waals surface area contributed by atoms with Crippen molar-refractivity contribution in [3.63, 3.8) is 0 Å². The number of carbonyl (C=O) groups is 2. The van der Waals surface area contributed by atoms with Crippen molar-refractivity contribution < 1.29 is 19.4 Å². The van der Waals surface area contributed by atoms with E-state index < -0.39 is 5.97 Å². The van der Waals surface area contributed by atoms with Gasteiger partial charge in [-0.3, -0.25) is 9.59 Å². The number of amides is 1. The van der Waals surface area contributed by atoms with Crippen LogP contribution in [0.5, 0.6) is 5.75 Å². The van der Waals surface area contributed by atoms with Crippen molar-refractivity contribution in [1.29, 1.82) is 0 Å². The van der Waals surface area contributed by atoms with Crippen molar-refractivity contribution in [2.24, 2.45) is 5.92 Å². The summed E-state index contributed by atoms with van der Waals surface area (Å²) in [5, 5.41) is 11.7. The number of hydrogen-bond acceptors (Lipinski definition) is 3. The average Bonchev–Trinajstić information content (AvgIpc) is 3.29. The van der Waals surface area contributed by atoms with Gasteiger partial charge in [0.1, 0.15) is 5.75 Å². The predicted octanol–water partition coefficient (Wildman–Crippen LogP) is 2.46. The monoisotopic (exact) mass is 291 g/mol. The minimum absolute atomic E-state index is 0.0197. The number of benzene rings is 1. The molecule has 0 aromatic heterocycles. The van der Waals surface area contributed by atoms with Gasteiger partial charge >= 0.3 is 5.97 Å². The smallest absolute Gasteiger partial charge is 0.305 e. The van der Waals surface area contributed by atoms with E-state index in [9.17, 15) is 9.59 Å². The van der Waals surface area contributed by atoms with Gasteiger partial charge in [0.2, 0.25) is 0 Å². The molecule has 1 aromatic rings. The lowest BCUT2D eigenvalue weighted by Crippen LogP contribution is -2.38. The van der Waals surface area contributed by atoms with Crippen molar-refractivity contribution in [3.8, 4) is 5.75 Å². The molecular formula is C16H21NO4. The molecule has 1 saturated carbocycles. The maximum Gasteiger partial charge on any atom is 0.305 e. The molecule has 1 aromatic carbocycles. The molecule has 1 aliphatic carbocycles. The molecule has 1 amide bonds. The van der Waals surface area contributed by atoms with Crippen LogP contribution < -0.4 is 10.1 Å². The second-order valence-corrected chi connectivity index (χ2v) is 5.39. The maximum absolute atomic E-state index is 12.1. The van der Waals surface area contributed by atoms with Gasteiger partial charge in [-0.1, -0.05) is 6.92 Å². The molecule has 0 spiro atoms. The molecule has 0 heterocycles. The molecule has 5 nitrogen and oxygen atoms in total. The molecule has 2 rings (SSSR count). The number of nitrogens with one attached hydrogen (secondary N) is 1. The minimum atomic E-state index is -0.879. The molecular weight excluding hydrogens is 270 g/mol. The van der Waals surface area contributed by atoms with Crippen LogP contribution in [0.3, 0.4) is 0 Å². The van der Waals surface area contributed by atoms with Gasteiger partial charge in [0.15, 0.2) is 0 Å². The molecule has 114 valence electrons. The summed E-state index contributed by atoms with van der Waals surface area (Å²) < 4.78 is 5.46. The van der Waals surface area contributed by atoms with Crippen molar-refractivity contribution >= 4 is 11.9 Å². The first-order chi connectivity index (χ1) is 10.1. The minimum Gasteiger partial charge on any atom is -0.494 e. The zero-order chi connectivity index (χ0) is 15.2. The van der Waals surface area contributed by atoms with Crippen LogP contribution in [0.2, 0.25) is 0 Å². The Morgan fingerprint density at radius 2 is 2.00 bits per heavy atom. The summed E-state index contributed by atoms with van der Waals surface area (Å²) in [7, 11) is 0. The van der Waals surface area contributed by atoms with Crippen LogP contribution >= 0.6 is 0 Å². The second kappa shape index (κ2) is 7.11. The van der Waals surface area contributed by atoms with Crippen LogP contribution in [0.1, 0.15) is 43.0 Å². The van der Waals surface area contributed by atoms with E-state index in [0.717, 1.165) is 25.0 Å². The van der Waals surface area contributed by atoms with Crippen molar-refractivity contribution in [1.82, 2.24) is 5.32 Å². The van der Waals surface area contributed by atoms with Crippen molar-refractivity contribution in [2.45, 2.75) is 38.6 Å². The van der Waals surface area contributed by atoms with Gasteiger partial charge in [-0.25, -0.2) is 0 Å². The fourth-order valence-corrected chi connectivity index (χ4v) is 2.20. The van der Waals surface area contributed by atoms with Crippen LogP contribution in [-0.4, -0.2) is 29.6 Å². The normalized spacial score (nSPS) is 15.3. The van der Waals surface area contributed by atoms with Gasteiger partial charge in [0.05, 0.1) is 13.0 Å². The molecule has 2 N–H and O–H groups in total. The standard InChI is InChI=1S/C16H21NO4/c1-2-9-21-13-7-5-12(6-8-13)16(20)17-14(10-15(18)19)11-3-4-11/h5-8,11,14H,2-4,9-10H2,1H3,(H,17,20)(H,18,19). The van der Waals surface area contributed by atoms with Crippen LogP contribution in [0.4, 0.5) is 0 Å². The summed E-state index contributed by atoms with van der Waals surface area (Å²) in [6, 6.07) is 6.64. The lowest BCUT2D eigenvalue weighted by Gasteiger charge is -2.16. The van der Waals surface area contributed by atoms with E-state index in [-0.39, 0.29) is 18.4 Å². The van der Waals surface area contributed by atoms with Gasteiger partial charge in [0, 0.05) is 11.6 Å². The zero-order valence-electron chi connectivity index (χ0n) is 12.2. The van der Waals surface area contributed by atoms with Crippen molar-refractivity contribution in [3.05, 3.63) is 29.8 Å². The zero-order valence-corrected chi connectivity index (χ0v) is 12.2. The van der Waals surface area contributed by atoms with Crippen molar-refractivity contribution in [2.75, 3.05) is 6.61 Å². The third-order valence-electron chi connectivity index (χ3n) is 3.49. The van der Waals surface area contributed by atoms with E-state index in [0.29, 0.717) is 18.1 Å². The van der Waals surface area contributed by atoms with E-state index in [2.05, 4.69) is 5.32 Å². The Morgan fingerprint density at radius 1 is 1.33 bits per heavy atom. The number of rotatable bonds is 8. The summed E-state index contributed by atoms with van der Waals surface area (Å²) in [4.78, 5) is 23.0. The highest BCUT2D eigenvalue weighted by atomic mass is 16.5. The van der Waals surface area contributed by atoms with Crippen LogP contribution in [0, 0.1) is 5.92 Å². The lowest BCUT2D eigenvalue weighted by molar-refractivity contribution is -0.137. The fourth-order valence-electron chi connectivity index (χ4n) is 2.20. The number of aliphatic carboxylic acids is 1. The number of hydrogen-bond donors (Lipinski definition) is 2. The lowest BCUT2D eigenvalue weighted by atomic mass is 10.1. The van der Waals surface area contributed by atoms with E-state index in [1.165, 1.54) is 0 Å². The number of carboxylic acids is 1. The van der Waals surface area contributed by atoms with Gasteiger partial charge in [-0.15, -0.1) is 0 Å². The number of carbonyl (C=O) groups excluding carboxylic acids is 1. The van der Waals surface area contributed by atoms with Gasteiger partial charge in [-0.2, -0.15) is 0 Å². The van der Waals surface area contributed by atoms with Crippen LogP contribution in [-0.2, 0) is 4.79 Å². The summed E-state index contributed by atoms with van der Waals surface area (Å²) in [6.07, 6.45) is 2.89. The second-order valence-electron chi connectivity index (χ2n) is 5.39. The molecule has 1 fully saturated rings. The first-order valence-corrected chi connectivity index (χ1v) is 7.35. The highest BCUT2D eigenvalue weighted by molar-refractivity contribution is 5.94. The number of carboxylic acid groups (broad SMARTS) is 1. The van der Waals surface area contributed by atoms with E-state index in [4.69, 9.17) is 9.84 Å². The molecule has 0 radical (unpaired) electrons. The van der Waals surface area contributed by atoms with Gasteiger partial charge in [0.25, 0.3) is 5.91 Å². The maximum atomic E-state index is 12.1. The Labute approximate surface area is 124 Å². The van der Waals surface area contributed by atoms with E-state index >= 15 is 0 Å². The molecule has 21 heavy (non-hydrogen) atoms. The largest absolute Gasteiger partial charge is 0.494 e. The third kappa shape index (κ3) is 4.77. The Morgan fingerprint density at radius 3 is 2.52 bits per heavy atom. The molecule has 0 saturated heterocycles. The Hall–Kier alpha value is -2.04. The van der Waals surface area contributed by atoms with E-state index in [1.807, 2.05) is 6.92 Å². The Kier molecular flexibility index (Phi) is 5.20. The molecule has 1 atom stereocenters. The Bertz CT molecular complexity index is 494. The predicted molar refractivity (Wildman–Crippen MR) is 78.5 cm³/mol. The number of ether oxygens (including phenoxy) is 1. The summed E-state index contributed by atoms with van der Waals surface area (Å²) in [5.41, 5.74) is 0.523. The van der Waals surface area contributed by atoms with E-state index in [1.54, 1.807) is 24.3 Å². The Balaban J connectivity index is 1.93. The summed E-state index contributed by atoms with van der Waals surface area (Å²) in [6.45, 7) is 2.68. The first kappa shape index (κ1) is 15.4. The summed E-state index contributed by atoms with van der Waals surface area (Å²) in [5.74, 6) is -0.0689. The highest BCUT2D eigenvalue weighted by Crippen LogP contribution is 2.34. The molecule has 0 bridgehead atoms.